The van der Waals surface area contributed by atoms with E-state index in [1.165, 1.54) is 0 Å². The van der Waals surface area contributed by atoms with Gasteiger partial charge in [-0.2, -0.15) is 0 Å². The van der Waals surface area contributed by atoms with Crippen molar-refractivity contribution in [1.82, 2.24) is 4.98 Å². The predicted molar refractivity (Wildman–Crippen MR) is 82.1 cm³/mol. The molecule has 2 heterocycles. The van der Waals surface area contributed by atoms with Crippen LogP contribution < -0.4 is 5.73 Å². The first-order valence-electron chi connectivity index (χ1n) is 7.04. The standard InChI is InChI=1S/C15H23BN2O2/c1-14(2)15(3,4)20-16(19-14)10-8-12-6-5-7-13(18-12)9-11-17/h5-8,10H,9,11,17H2,1-4H3/b10-8+. The molecule has 0 spiro atoms. The molecule has 1 aliphatic rings. The quantitative estimate of drug-likeness (QED) is 0.855. The van der Waals surface area contributed by atoms with Crippen molar-refractivity contribution in [3.8, 4) is 0 Å². The Morgan fingerprint density at radius 2 is 1.85 bits per heavy atom. The lowest BCUT2D eigenvalue weighted by atomic mass is 9.89. The molecule has 0 radical (unpaired) electrons. The Morgan fingerprint density at radius 1 is 1.20 bits per heavy atom. The minimum Gasteiger partial charge on any atom is -0.400 e. The minimum atomic E-state index is -0.333. The molecule has 20 heavy (non-hydrogen) atoms. The lowest BCUT2D eigenvalue weighted by molar-refractivity contribution is 0.00578. The van der Waals surface area contributed by atoms with Crippen molar-refractivity contribution >= 4 is 13.2 Å². The van der Waals surface area contributed by atoms with Crippen LogP contribution in [0.4, 0.5) is 0 Å². The third kappa shape index (κ3) is 3.29. The highest BCUT2D eigenvalue weighted by atomic mass is 16.7. The highest BCUT2D eigenvalue weighted by Crippen LogP contribution is 2.36. The van der Waals surface area contributed by atoms with Crippen molar-refractivity contribution in [2.45, 2.75) is 45.3 Å². The van der Waals surface area contributed by atoms with E-state index in [0.717, 1.165) is 17.8 Å². The van der Waals surface area contributed by atoms with Crippen molar-refractivity contribution in [3.05, 3.63) is 35.6 Å². The van der Waals surface area contributed by atoms with Crippen molar-refractivity contribution < 1.29 is 9.31 Å². The molecule has 0 atom stereocenters. The summed E-state index contributed by atoms with van der Waals surface area (Å²) < 4.78 is 11.8. The highest BCUT2D eigenvalue weighted by molar-refractivity contribution is 6.52. The fourth-order valence-electron chi connectivity index (χ4n) is 2.02. The lowest BCUT2D eigenvalue weighted by Crippen LogP contribution is -2.41. The monoisotopic (exact) mass is 274 g/mol. The summed E-state index contributed by atoms with van der Waals surface area (Å²) in [4.78, 5) is 4.52. The van der Waals surface area contributed by atoms with E-state index in [1.54, 1.807) is 0 Å². The van der Waals surface area contributed by atoms with Crippen LogP contribution in [0.1, 0.15) is 39.1 Å². The summed E-state index contributed by atoms with van der Waals surface area (Å²) in [5, 5.41) is 0. The molecule has 1 saturated heterocycles. The van der Waals surface area contributed by atoms with Gasteiger partial charge >= 0.3 is 7.12 Å². The number of nitrogens with two attached hydrogens (primary N) is 1. The molecular weight excluding hydrogens is 251 g/mol. The Balaban J connectivity index is 2.06. The van der Waals surface area contributed by atoms with Gasteiger partial charge in [-0.15, -0.1) is 0 Å². The van der Waals surface area contributed by atoms with Gasteiger partial charge in [-0.1, -0.05) is 12.0 Å². The predicted octanol–water partition coefficient (Wildman–Crippen LogP) is 2.23. The van der Waals surface area contributed by atoms with Crippen LogP contribution in [0.25, 0.3) is 6.08 Å². The van der Waals surface area contributed by atoms with E-state index in [-0.39, 0.29) is 18.3 Å². The van der Waals surface area contributed by atoms with Gasteiger partial charge in [0.05, 0.1) is 16.9 Å². The van der Waals surface area contributed by atoms with E-state index >= 15 is 0 Å². The van der Waals surface area contributed by atoms with Crippen LogP contribution in [0.5, 0.6) is 0 Å². The van der Waals surface area contributed by atoms with Crippen molar-refractivity contribution in [2.24, 2.45) is 5.73 Å². The summed E-state index contributed by atoms with van der Waals surface area (Å²) in [5.74, 6) is 1.91. The van der Waals surface area contributed by atoms with Gasteiger partial charge < -0.3 is 15.0 Å². The molecule has 1 aliphatic heterocycles. The summed E-state index contributed by atoms with van der Waals surface area (Å²) in [6.45, 7) is 8.78. The van der Waals surface area contributed by atoms with Crippen LogP contribution in [0.3, 0.4) is 0 Å². The summed E-state index contributed by atoms with van der Waals surface area (Å²) in [7, 11) is -0.333. The molecular formula is C15H23BN2O2. The van der Waals surface area contributed by atoms with Crippen molar-refractivity contribution in [1.29, 1.82) is 0 Å². The topological polar surface area (TPSA) is 57.4 Å². The zero-order chi connectivity index (χ0) is 14.8. The third-order valence-corrected chi connectivity index (χ3v) is 3.92. The number of aromatic nitrogens is 1. The van der Waals surface area contributed by atoms with Gasteiger partial charge in [-0.05, 0) is 52.4 Å². The van der Waals surface area contributed by atoms with E-state index in [2.05, 4.69) is 4.98 Å². The molecule has 4 nitrogen and oxygen atoms in total. The number of rotatable bonds is 4. The summed E-state index contributed by atoms with van der Waals surface area (Å²) >= 11 is 0. The van der Waals surface area contributed by atoms with Crippen LogP contribution in [0, 0.1) is 0 Å². The van der Waals surface area contributed by atoms with Crippen LogP contribution in [-0.4, -0.2) is 29.8 Å². The van der Waals surface area contributed by atoms with E-state index < -0.39 is 0 Å². The maximum absolute atomic E-state index is 5.91. The summed E-state index contributed by atoms with van der Waals surface area (Å²) in [6.07, 6.45) is 2.72. The van der Waals surface area contributed by atoms with Gasteiger partial charge in [0, 0.05) is 12.1 Å². The van der Waals surface area contributed by atoms with Gasteiger partial charge in [-0.3, -0.25) is 4.98 Å². The number of pyridine rings is 1. The maximum Gasteiger partial charge on any atom is 0.487 e. The average Bonchev–Trinajstić information content (AvgIpc) is 2.56. The van der Waals surface area contributed by atoms with E-state index in [4.69, 9.17) is 15.0 Å². The smallest absolute Gasteiger partial charge is 0.400 e. The molecule has 0 aliphatic carbocycles. The number of nitrogens with zero attached hydrogens (tertiary/aromatic N) is 1. The normalized spacial score (nSPS) is 20.8. The second-order valence-corrected chi connectivity index (χ2v) is 6.08. The first-order valence-corrected chi connectivity index (χ1v) is 7.04. The first kappa shape index (κ1) is 15.2. The Morgan fingerprint density at radius 3 is 2.45 bits per heavy atom. The van der Waals surface area contributed by atoms with Gasteiger partial charge in [0.25, 0.3) is 0 Å². The average molecular weight is 274 g/mol. The molecule has 1 fully saturated rings. The van der Waals surface area contributed by atoms with Gasteiger partial charge in [0.15, 0.2) is 0 Å². The van der Waals surface area contributed by atoms with Gasteiger partial charge in [-0.25, -0.2) is 0 Å². The van der Waals surface area contributed by atoms with Gasteiger partial charge in [0.1, 0.15) is 0 Å². The zero-order valence-electron chi connectivity index (χ0n) is 12.7. The molecule has 0 saturated carbocycles. The molecule has 2 rings (SSSR count). The van der Waals surface area contributed by atoms with Gasteiger partial charge in [0.2, 0.25) is 0 Å². The van der Waals surface area contributed by atoms with Crippen LogP contribution in [-0.2, 0) is 15.7 Å². The Hall–Kier alpha value is -1.17. The van der Waals surface area contributed by atoms with Crippen molar-refractivity contribution in [3.63, 3.8) is 0 Å². The van der Waals surface area contributed by atoms with E-state index in [1.807, 2.05) is 57.9 Å². The van der Waals surface area contributed by atoms with E-state index in [0.29, 0.717) is 6.54 Å². The molecule has 0 bridgehead atoms. The Labute approximate surface area is 121 Å². The molecule has 2 N–H and O–H groups in total. The second kappa shape index (κ2) is 5.68. The molecule has 0 amide bonds. The summed E-state index contributed by atoms with van der Waals surface area (Å²) in [5.41, 5.74) is 6.83. The highest BCUT2D eigenvalue weighted by Gasteiger charge is 2.49. The SMILES string of the molecule is CC1(C)OB(/C=C/c2cccc(CCN)n2)OC1(C)C. The van der Waals surface area contributed by atoms with Crippen LogP contribution in [0.2, 0.25) is 0 Å². The maximum atomic E-state index is 5.91. The Bertz CT molecular complexity index is 484. The van der Waals surface area contributed by atoms with E-state index in [9.17, 15) is 0 Å². The molecule has 1 aromatic heterocycles. The zero-order valence-corrected chi connectivity index (χ0v) is 12.7. The summed E-state index contributed by atoms with van der Waals surface area (Å²) in [6, 6.07) is 5.93. The molecule has 108 valence electrons. The fraction of sp³-hybridized carbons (Fsp3) is 0.533. The molecule has 0 aromatic carbocycles. The molecule has 5 heteroatoms. The second-order valence-electron chi connectivity index (χ2n) is 6.08. The fourth-order valence-corrected chi connectivity index (χ4v) is 2.02. The van der Waals surface area contributed by atoms with Crippen molar-refractivity contribution in [2.75, 3.05) is 6.54 Å². The number of hydrogen-bond donors (Lipinski definition) is 1. The van der Waals surface area contributed by atoms with Crippen LogP contribution >= 0.6 is 0 Å². The minimum absolute atomic E-state index is 0.309. The van der Waals surface area contributed by atoms with Crippen LogP contribution in [0.15, 0.2) is 24.2 Å². The Kier molecular flexibility index (Phi) is 4.32. The third-order valence-electron chi connectivity index (χ3n) is 3.92. The first-order chi connectivity index (χ1) is 9.34. The largest absolute Gasteiger partial charge is 0.487 e. The molecule has 1 aromatic rings. The number of hydrogen-bond acceptors (Lipinski definition) is 4. The molecule has 0 unspecified atom stereocenters. The lowest BCUT2D eigenvalue weighted by Gasteiger charge is -2.32.